The maximum absolute atomic E-state index is 13.1. The number of hydrogen-bond acceptors (Lipinski definition) is 7. The minimum absolute atomic E-state index is 0.0418. The molecule has 0 bridgehead atoms. The monoisotopic (exact) mass is 525 g/mol. The van der Waals surface area contributed by atoms with Crippen molar-refractivity contribution >= 4 is 34.3 Å². The van der Waals surface area contributed by atoms with E-state index in [0.29, 0.717) is 46.0 Å². The number of benzene rings is 2. The summed E-state index contributed by atoms with van der Waals surface area (Å²) >= 11 is 5.93. The maximum Gasteiger partial charge on any atom is 0.227 e. The van der Waals surface area contributed by atoms with Gasteiger partial charge in [-0.3, -0.25) is 4.79 Å². The molecule has 192 valence electrons. The fourth-order valence-corrected chi connectivity index (χ4v) is 5.10. The molecule has 1 aliphatic heterocycles. The Hall–Kier alpha value is -4.02. The number of hydrogen-bond donors (Lipinski definition) is 0. The van der Waals surface area contributed by atoms with Gasteiger partial charge in [-0.25, -0.2) is 15.0 Å². The molecule has 0 unspecified atom stereocenters. The lowest BCUT2D eigenvalue weighted by Gasteiger charge is -2.33. The summed E-state index contributed by atoms with van der Waals surface area (Å²) in [5.74, 6) is 1.85. The van der Waals surface area contributed by atoms with Crippen LogP contribution in [0.15, 0.2) is 65.2 Å². The Morgan fingerprint density at radius 3 is 2.58 bits per heavy atom. The summed E-state index contributed by atoms with van der Waals surface area (Å²) in [5, 5.41) is 9.62. The van der Waals surface area contributed by atoms with Gasteiger partial charge in [-0.05, 0) is 78.6 Å². The number of oxazole rings is 1. The summed E-state index contributed by atoms with van der Waals surface area (Å²) in [5.41, 5.74) is 4.85. The van der Waals surface area contributed by atoms with Gasteiger partial charge in [0.25, 0.3) is 0 Å². The van der Waals surface area contributed by atoms with E-state index in [0.717, 1.165) is 42.9 Å². The van der Waals surface area contributed by atoms with E-state index in [1.165, 1.54) is 0 Å². The largest absolute Gasteiger partial charge is 0.436 e. The van der Waals surface area contributed by atoms with Crippen LogP contribution >= 0.6 is 11.6 Å². The molecule has 3 heterocycles. The molecule has 0 aliphatic carbocycles. The van der Waals surface area contributed by atoms with E-state index >= 15 is 0 Å². The summed E-state index contributed by atoms with van der Waals surface area (Å²) in [6, 6.07) is 14.9. The number of aromatic nitrogens is 3. The van der Waals surface area contributed by atoms with Crippen LogP contribution in [0.5, 0.6) is 0 Å². The summed E-state index contributed by atoms with van der Waals surface area (Å²) in [7, 11) is 0. The SMILES string of the molecule is C=C(CC1CCN(c2ccnc(Cl)n2)CC1)C(=O)c1ccc(-c2nc3cc(C#N)cc(C(C)C)c3o2)cc1. The summed E-state index contributed by atoms with van der Waals surface area (Å²) in [6.07, 6.45) is 4.25. The lowest BCUT2D eigenvalue weighted by molar-refractivity contribution is 0.102. The lowest BCUT2D eigenvalue weighted by atomic mass is 9.88. The van der Waals surface area contributed by atoms with Gasteiger partial charge in [-0.15, -0.1) is 0 Å². The van der Waals surface area contributed by atoms with Gasteiger partial charge >= 0.3 is 0 Å². The van der Waals surface area contributed by atoms with Crippen molar-refractivity contribution < 1.29 is 9.21 Å². The van der Waals surface area contributed by atoms with E-state index < -0.39 is 0 Å². The number of nitriles is 1. The molecule has 4 aromatic rings. The number of piperidine rings is 1. The number of carbonyl (C=O) groups is 1. The van der Waals surface area contributed by atoms with Crippen molar-refractivity contribution in [3.63, 3.8) is 0 Å². The minimum Gasteiger partial charge on any atom is -0.436 e. The molecule has 5 rings (SSSR count). The second-order valence-electron chi connectivity index (χ2n) is 10.0. The van der Waals surface area contributed by atoms with Crippen molar-refractivity contribution in [2.24, 2.45) is 5.92 Å². The maximum atomic E-state index is 13.1. The standard InChI is InChI=1S/C30H28ClN5O2/c1-18(2)24-15-21(17-32)16-25-28(24)38-29(34-25)23-6-4-22(5-7-23)27(37)19(3)14-20-9-12-36(13-10-20)26-8-11-33-30(31)35-26/h4-8,11,15-16,18,20H,3,9-10,12-14H2,1-2H3. The number of allylic oxidation sites excluding steroid dienone is 1. The second kappa shape index (κ2) is 10.8. The molecule has 0 N–H and O–H groups in total. The highest BCUT2D eigenvalue weighted by molar-refractivity contribution is 6.28. The van der Waals surface area contributed by atoms with E-state index in [1.807, 2.05) is 24.3 Å². The van der Waals surface area contributed by atoms with Crippen LogP contribution in [0.1, 0.15) is 60.5 Å². The molecule has 8 heteroatoms. The molecule has 1 fully saturated rings. The third kappa shape index (κ3) is 5.32. The third-order valence-corrected chi connectivity index (χ3v) is 7.25. The number of fused-ring (bicyclic) bond motifs is 1. The first-order valence-electron chi connectivity index (χ1n) is 12.7. The molecule has 7 nitrogen and oxygen atoms in total. The van der Waals surface area contributed by atoms with Gasteiger partial charge in [0.1, 0.15) is 11.3 Å². The highest BCUT2D eigenvalue weighted by Crippen LogP contribution is 2.32. The molecule has 1 saturated heterocycles. The van der Waals surface area contributed by atoms with Crippen LogP contribution in [0.4, 0.5) is 5.82 Å². The van der Waals surface area contributed by atoms with Gasteiger partial charge in [-0.2, -0.15) is 5.26 Å². The van der Waals surface area contributed by atoms with Crippen molar-refractivity contribution in [1.29, 1.82) is 5.26 Å². The molecule has 2 aromatic heterocycles. The van der Waals surface area contributed by atoms with E-state index in [9.17, 15) is 10.1 Å². The molecule has 0 radical (unpaired) electrons. The molecule has 0 spiro atoms. The van der Waals surface area contributed by atoms with Crippen LogP contribution in [0.2, 0.25) is 5.28 Å². The number of rotatable bonds is 7. The number of carbonyl (C=O) groups excluding carboxylic acids is 1. The van der Waals surface area contributed by atoms with E-state index in [-0.39, 0.29) is 17.0 Å². The minimum atomic E-state index is -0.0418. The van der Waals surface area contributed by atoms with Crippen LogP contribution in [0.25, 0.3) is 22.6 Å². The zero-order chi connectivity index (χ0) is 26.8. The first kappa shape index (κ1) is 25.6. The van der Waals surface area contributed by atoms with Crippen LogP contribution in [0.3, 0.4) is 0 Å². The molecule has 38 heavy (non-hydrogen) atoms. The topological polar surface area (TPSA) is 95.9 Å². The van der Waals surface area contributed by atoms with Crippen molar-refractivity contribution in [2.45, 2.75) is 39.0 Å². The Labute approximate surface area is 226 Å². The average Bonchev–Trinajstić information content (AvgIpc) is 3.36. The van der Waals surface area contributed by atoms with Gasteiger partial charge in [0.05, 0.1) is 11.6 Å². The summed E-state index contributed by atoms with van der Waals surface area (Å²) in [6.45, 7) is 9.93. The van der Waals surface area contributed by atoms with E-state index in [1.54, 1.807) is 24.4 Å². The predicted octanol–water partition coefficient (Wildman–Crippen LogP) is 6.98. The number of anilines is 1. The Balaban J connectivity index is 1.24. The lowest BCUT2D eigenvalue weighted by Crippen LogP contribution is -2.34. The first-order valence-corrected chi connectivity index (χ1v) is 13.1. The molecule has 1 aliphatic rings. The highest BCUT2D eigenvalue weighted by Gasteiger charge is 2.23. The highest BCUT2D eigenvalue weighted by atomic mass is 35.5. The van der Waals surface area contributed by atoms with Crippen molar-refractivity contribution in [2.75, 3.05) is 18.0 Å². The molecule has 0 amide bonds. The second-order valence-corrected chi connectivity index (χ2v) is 10.4. The predicted molar refractivity (Wildman–Crippen MR) is 148 cm³/mol. The number of Topliss-reactive ketones (excluding diaryl/α,β-unsaturated/α-hetero) is 1. The van der Waals surface area contributed by atoms with E-state index in [4.69, 9.17) is 16.0 Å². The number of halogens is 1. The summed E-state index contributed by atoms with van der Waals surface area (Å²) in [4.78, 5) is 28.2. The van der Waals surface area contributed by atoms with Gasteiger partial charge in [0, 0.05) is 36.0 Å². The van der Waals surface area contributed by atoms with Crippen molar-refractivity contribution in [3.8, 4) is 17.5 Å². The average molecular weight is 526 g/mol. The van der Waals surface area contributed by atoms with Gasteiger partial charge in [-0.1, -0.05) is 32.6 Å². The molecular formula is C30H28ClN5O2. The zero-order valence-corrected chi connectivity index (χ0v) is 22.2. The molecule has 2 aromatic carbocycles. The molecule has 0 atom stereocenters. The van der Waals surface area contributed by atoms with Gasteiger partial charge in [0.15, 0.2) is 11.4 Å². The van der Waals surface area contributed by atoms with Crippen LogP contribution in [-0.2, 0) is 0 Å². The van der Waals surface area contributed by atoms with Crippen molar-refractivity contribution in [1.82, 2.24) is 15.0 Å². The molecule has 0 saturated carbocycles. The quantitative estimate of drug-likeness (QED) is 0.146. The Morgan fingerprint density at radius 2 is 1.92 bits per heavy atom. The first-order chi connectivity index (χ1) is 18.3. The fourth-order valence-electron chi connectivity index (χ4n) is 4.95. The van der Waals surface area contributed by atoms with Crippen LogP contribution < -0.4 is 4.90 Å². The smallest absolute Gasteiger partial charge is 0.227 e. The molecular weight excluding hydrogens is 498 g/mol. The fraction of sp³-hybridized carbons (Fsp3) is 0.300. The third-order valence-electron chi connectivity index (χ3n) is 7.07. The van der Waals surface area contributed by atoms with Crippen LogP contribution in [-0.4, -0.2) is 33.8 Å². The Kier molecular flexibility index (Phi) is 7.26. The van der Waals surface area contributed by atoms with Gasteiger partial charge in [0.2, 0.25) is 11.2 Å². The van der Waals surface area contributed by atoms with Crippen LogP contribution in [0, 0.1) is 17.2 Å². The Morgan fingerprint density at radius 1 is 1.18 bits per heavy atom. The number of ketones is 1. The van der Waals surface area contributed by atoms with Gasteiger partial charge < -0.3 is 9.32 Å². The van der Waals surface area contributed by atoms with Crippen molar-refractivity contribution in [3.05, 3.63) is 82.8 Å². The number of nitrogens with zero attached hydrogens (tertiary/aromatic N) is 5. The normalized spacial score (nSPS) is 14.1. The van der Waals surface area contributed by atoms with E-state index in [2.05, 4.69) is 46.3 Å². The Bertz CT molecular complexity index is 1540. The summed E-state index contributed by atoms with van der Waals surface area (Å²) < 4.78 is 6.10. The zero-order valence-electron chi connectivity index (χ0n) is 21.4.